The molecule has 2 aromatic carbocycles. The van der Waals surface area contributed by atoms with E-state index in [9.17, 15) is 22.0 Å². The second-order valence-electron chi connectivity index (χ2n) is 8.39. The lowest BCUT2D eigenvalue weighted by atomic mass is 9.71. The highest BCUT2D eigenvalue weighted by Gasteiger charge is 2.45. The first kappa shape index (κ1) is 24.8. The van der Waals surface area contributed by atoms with E-state index in [1.54, 1.807) is 0 Å². The van der Waals surface area contributed by atoms with E-state index in [2.05, 4.69) is 10.0 Å². The quantitative estimate of drug-likeness (QED) is 0.570. The molecule has 1 aliphatic carbocycles. The highest BCUT2D eigenvalue weighted by molar-refractivity contribution is 7.88. The van der Waals surface area contributed by atoms with Crippen LogP contribution in [0, 0.1) is 17.2 Å². The SMILES string of the molecule is CS(=O)(=O)NCCc1ccc(-c2ccccc2C2CCC(F)(F)CC2C(=O)NCC#N)cc1. The van der Waals surface area contributed by atoms with E-state index in [-0.39, 0.29) is 19.4 Å². The zero-order valence-electron chi connectivity index (χ0n) is 18.4. The standard InChI is InChI=1S/C24H27F2N3O3S/c1-33(31,32)29-14-11-17-6-8-18(9-7-17)19-4-2-3-5-20(19)21-10-12-24(25,26)16-22(21)23(30)28-15-13-27/h2-9,21-22,29H,10-12,14-16H2,1H3,(H,28,30). The summed E-state index contributed by atoms with van der Waals surface area (Å²) < 4.78 is 53.3. The Bertz CT molecular complexity index is 1130. The number of hydrogen-bond donors (Lipinski definition) is 2. The van der Waals surface area contributed by atoms with Crippen molar-refractivity contribution in [1.82, 2.24) is 10.0 Å². The molecule has 1 saturated carbocycles. The first-order valence-electron chi connectivity index (χ1n) is 10.7. The molecule has 0 radical (unpaired) electrons. The van der Waals surface area contributed by atoms with Gasteiger partial charge in [0.15, 0.2) is 0 Å². The molecule has 0 aromatic heterocycles. The summed E-state index contributed by atoms with van der Waals surface area (Å²) in [6, 6.07) is 16.9. The maximum atomic E-state index is 14.2. The minimum atomic E-state index is -3.24. The van der Waals surface area contributed by atoms with Gasteiger partial charge < -0.3 is 5.32 Å². The minimum Gasteiger partial charge on any atom is -0.343 e. The van der Waals surface area contributed by atoms with Crippen LogP contribution in [0.15, 0.2) is 48.5 Å². The molecule has 0 spiro atoms. The summed E-state index contributed by atoms with van der Waals surface area (Å²) in [4.78, 5) is 12.6. The summed E-state index contributed by atoms with van der Waals surface area (Å²) in [6.45, 7) is 0.0788. The monoisotopic (exact) mass is 475 g/mol. The van der Waals surface area contributed by atoms with Crippen LogP contribution in [0.2, 0.25) is 0 Å². The number of carbonyl (C=O) groups is 1. The molecule has 1 amide bonds. The van der Waals surface area contributed by atoms with Gasteiger partial charge in [-0.05, 0) is 41.0 Å². The Morgan fingerprint density at radius 2 is 1.88 bits per heavy atom. The van der Waals surface area contributed by atoms with Gasteiger partial charge in [-0.3, -0.25) is 4.79 Å². The van der Waals surface area contributed by atoms with Gasteiger partial charge in [0.25, 0.3) is 0 Å². The molecule has 176 valence electrons. The van der Waals surface area contributed by atoms with Crippen LogP contribution in [0.3, 0.4) is 0 Å². The molecule has 1 aliphatic rings. The number of rotatable bonds is 8. The highest BCUT2D eigenvalue weighted by Crippen LogP contribution is 2.47. The van der Waals surface area contributed by atoms with Gasteiger partial charge >= 0.3 is 0 Å². The smallest absolute Gasteiger partial charge is 0.249 e. The van der Waals surface area contributed by atoms with Gasteiger partial charge in [-0.2, -0.15) is 5.26 Å². The van der Waals surface area contributed by atoms with Crippen LogP contribution < -0.4 is 10.0 Å². The first-order valence-corrected chi connectivity index (χ1v) is 12.6. The molecule has 0 bridgehead atoms. The second-order valence-corrected chi connectivity index (χ2v) is 10.2. The Hall–Kier alpha value is -2.83. The largest absolute Gasteiger partial charge is 0.343 e. The molecule has 2 atom stereocenters. The Labute approximate surface area is 193 Å². The summed E-state index contributed by atoms with van der Waals surface area (Å²) in [5.41, 5.74) is 3.54. The predicted octanol–water partition coefficient (Wildman–Crippen LogP) is 3.60. The summed E-state index contributed by atoms with van der Waals surface area (Å²) in [5, 5.41) is 11.2. The zero-order valence-corrected chi connectivity index (χ0v) is 19.2. The van der Waals surface area contributed by atoms with Crippen LogP contribution in [-0.4, -0.2) is 39.6 Å². The Balaban J connectivity index is 1.85. The zero-order chi connectivity index (χ0) is 24.1. The van der Waals surface area contributed by atoms with Crippen molar-refractivity contribution in [2.75, 3.05) is 19.3 Å². The maximum Gasteiger partial charge on any atom is 0.249 e. The fraction of sp³-hybridized carbons (Fsp3) is 0.417. The molecule has 1 fully saturated rings. The van der Waals surface area contributed by atoms with E-state index < -0.39 is 40.1 Å². The third-order valence-corrected chi connectivity index (χ3v) is 6.64. The second kappa shape index (κ2) is 10.4. The van der Waals surface area contributed by atoms with Crippen LogP contribution >= 0.6 is 0 Å². The fourth-order valence-corrected chi connectivity index (χ4v) is 4.83. The third kappa shape index (κ3) is 6.83. The molecule has 2 aromatic rings. The van der Waals surface area contributed by atoms with E-state index >= 15 is 0 Å². The van der Waals surface area contributed by atoms with Gasteiger partial charge in [0.1, 0.15) is 6.54 Å². The lowest BCUT2D eigenvalue weighted by Gasteiger charge is -2.36. The van der Waals surface area contributed by atoms with E-state index in [1.165, 1.54) is 0 Å². The number of carbonyl (C=O) groups excluding carboxylic acids is 1. The van der Waals surface area contributed by atoms with Crippen molar-refractivity contribution >= 4 is 15.9 Å². The Morgan fingerprint density at radius 1 is 1.18 bits per heavy atom. The Kier molecular flexibility index (Phi) is 7.82. The van der Waals surface area contributed by atoms with Crippen molar-refractivity contribution in [2.45, 2.75) is 37.5 Å². The third-order valence-electron chi connectivity index (χ3n) is 5.91. The lowest BCUT2D eigenvalue weighted by molar-refractivity contribution is -0.133. The molecule has 0 heterocycles. The number of nitrogens with zero attached hydrogens (tertiary/aromatic N) is 1. The number of halogens is 2. The number of sulfonamides is 1. The number of alkyl halides is 2. The van der Waals surface area contributed by atoms with Gasteiger partial charge in [-0.1, -0.05) is 48.5 Å². The van der Waals surface area contributed by atoms with Crippen LogP contribution in [0.5, 0.6) is 0 Å². The highest BCUT2D eigenvalue weighted by atomic mass is 32.2. The fourth-order valence-electron chi connectivity index (χ4n) is 4.35. The number of amides is 1. The van der Waals surface area contributed by atoms with Crippen LogP contribution in [0.4, 0.5) is 8.78 Å². The number of benzene rings is 2. The van der Waals surface area contributed by atoms with E-state index in [0.717, 1.165) is 28.5 Å². The van der Waals surface area contributed by atoms with E-state index in [0.29, 0.717) is 13.0 Å². The molecule has 3 rings (SSSR count). The molecule has 9 heteroatoms. The first-order chi connectivity index (χ1) is 15.6. The van der Waals surface area contributed by atoms with Gasteiger partial charge in [0.2, 0.25) is 21.9 Å². The minimum absolute atomic E-state index is 0.171. The summed E-state index contributed by atoms with van der Waals surface area (Å²) >= 11 is 0. The van der Waals surface area contributed by atoms with Crippen molar-refractivity contribution in [3.05, 3.63) is 59.7 Å². The molecule has 0 saturated heterocycles. The summed E-state index contributed by atoms with van der Waals surface area (Å²) in [6.07, 6.45) is 0.982. The Morgan fingerprint density at radius 3 is 2.55 bits per heavy atom. The van der Waals surface area contributed by atoms with Crippen molar-refractivity contribution in [2.24, 2.45) is 5.92 Å². The number of nitriles is 1. The van der Waals surface area contributed by atoms with Crippen LogP contribution in [0.25, 0.3) is 11.1 Å². The lowest BCUT2D eigenvalue weighted by Crippen LogP contribution is -2.41. The molecular formula is C24H27F2N3O3S. The predicted molar refractivity (Wildman–Crippen MR) is 122 cm³/mol. The maximum absolute atomic E-state index is 14.2. The average Bonchev–Trinajstić information content (AvgIpc) is 2.76. The molecule has 6 nitrogen and oxygen atoms in total. The van der Waals surface area contributed by atoms with Gasteiger partial charge in [-0.15, -0.1) is 0 Å². The topological polar surface area (TPSA) is 99.1 Å². The normalized spacial score (nSPS) is 20.1. The van der Waals surface area contributed by atoms with Crippen molar-refractivity contribution in [1.29, 1.82) is 5.26 Å². The van der Waals surface area contributed by atoms with Crippen LogP contribution in [0.1, 0.15) is 36.3 Å². The molecule has 2 N–H and O–H groups in total. The van der Waals surface area contributed by atoms with Crippen LogP contribution in [-0.2, 0) is 21.2 Å². The molecular weight excluding hydrogens is 448 g/mol. The summed E-state index contributed by atoms with van der Waals surface area (Å²) in [7, 11) is -3.24. The molecule has 0 aliphatic heterocycles. The van der Waals surface area contributed by atoms with Crippen molar-refractivity contribution in [3.63, 3.8) is 0 Å². The van der Waals surface area contributed by atoms with Gasteiger partial charge in [0.05, 0.1) is 18.2 Å². The summed E-state index contributed by atoms with van der Waals surface area (Å²) in [5.74, 6) is -4.76. The van der Waals surface area contributed by atoms with E-state index in [4.69, 9.17) is 5.26 Å². The average molecular weight is 476 g/mol. The molecule has 2 unspecified atom stereocenters. The van der Waals surface area contributed by atoms with Gasteiger partial charge in [-0.25, -0.2) is 21.9 Å². The van der Waals surface area contributed by atoms with Crippen molar-refractivity contribution in [3.8, 4) is 17.2 Å². The van der Waals surface area contributed by atoms with E-state index in [1.807, 2.05) is 54.6 Å². The number of hydrogen-bond acceptors (Lipinski definition) is 4. The van der Waals surface area contributed by atoms with Gasteiger partial charge in [0, 0.05) is 19.4 Å². The number of nitrogens with one attached hydrogen (secondary N) is 2. The molecule has 33 heavy (non-hydrogen) atoms. The van der Waals surface area contributed by atoms with Crippen molar-refractivity contribution < 1.29 is 22.0 Å².